The van der Waals surface area contributed by atoms with Crippen molar-refractivity contribution >= 4 is 45.0 Å². The average Bonchev–Trinajstić information content (AvgIpc) is 2.75. The minimum Gasteiger partial charge on any atom is -0.381 e. The normalized spacial score (nSPS) is 13.0. The molecule has 0 aromatic heterocycles. The number of anilines is 1. The van der Waals surface area contributed by atoms with Gasteiger partial charge in [-0.05, 0) is 42.0 Å². The van der Waals surface area contributed by atoms with Crippen LogP contribution in [-0.4, -0.2) is 11.8 Å². The molecule has 1 aliphatic heterocycles. The monoisotopic (exact) mass is 364 g/mol. The summed E-state index contributed by atoms with van der Waals surface area (Å²) in [5.74, 6) is -0.707. The Hall–Kier alpha value is -1.85. The molecule has 0 atom stereocenters. The van der Waals surface area contributed by atoms with Gasteiger partial charge in [-0.2, -0.15) is 0 Å². The molecule has 0 bridgehead atoms. The van der Waals surface area contributed by atoms with Crippen molar-refractivity contribution in [1.29, 1.82) is 0 Å². The zero-order valence-electron chi connectivity index (χ0n) is 10.7. The second-order valence-corrected chi connectivity index (χ2v) is 5.92. The van der Waals surface area contributed by atoms with Gasteiger partial charge >= 0.3 is 0 Å². The maximum absolute atomic E-state index is 11.6. The first-order valence-electron chi connectivity index (χ1n) is 6.22. The zero-order valence-corrected chi connectivity index (χ0v) is 13.1. The molecule has 2 aromatic carbocycles. The highest BCUT2D eigenvalue weighted by Crippen LogP contribution is 2.24. The molecule has 2 amide bonds. The number of fused-ring (bicyclic) bond motifs is 1. The maximum Gasteiger partial charge on any atom is 0.259 e. The third kappa shape index (κ3) is 2.80. The summed E-state index contributed by atoms with van der Waals surface area (Å²) in [6.07, 6.45) is 0. The highest BCUT2D eigenvalue weighted by atomic mass is 79.9. The van der Waals surface area contributed by atoms with Crippen molar-refractivity contribution in [3.8, 4) is 0 Å². The Labute approximate surface area is 134 Å². The predicted octanol–water partition coefficient (Wildman–Crippen LogP) is 3.60. The van der Waals surface area contributed by atoms with Gasteiger partial charge in [0.05, 0.1) is 11.1 Å². The van der Waals surface area contributed by atoms with Crippen LogP contribution in [0.3, 0.4) is 0 Å². The Morgan fingerprint density at radius 2 is 1.81 bits per heavy atom. The van der Waals surface area contributed by atoms with Crippen LogP contribution < -0.4 is 10.6 Å². The van der Waals surface area contributed by atoms with E-state index in [4.69, 9.17) is 11.6 Å². The molecule has 0 spiro atoms. The van der Waals surface area contributed by atoms with E-state index >= 15 is 0 Å². The first kappa shape index (κ1) is 14.1. The summed E-state index contributed by atoms with van der Waals surface area (Å²) in [7, 11) is 0. The summed E-state index contributed by atoms with van der Waals surface area (Å²) >= 11 is 9.44. The molecule has 1 heterocycles. The number of hydrogen-bond acceptors (Lipinski definition) is 3. The van der Waals surface area contributed by atoms with Crippen LogP contribution in [0, 0.1) is 0 Å². The van der Waals surface area contributed by atoms with Crippen LogP contribution in [0.15, 0.2) is 40.9 Å². The molecular formula is C15H10BrClN2O2. The Kier molecular flexibility index (Phi) is 3.69. The number of rotatable bonds is 3. The average molecular weight is 366 g/mol. The number of nitrogens with one attached hydrogen (secondary N) is 2. The van der Waals surface area contributed by atoms with Crippen LogP contribution in [0.4, 0.5) is 5.69 Å². The molecule has 0 radical (unpaired) electrons. The molecule has 4 nitrogen and oxygen atoms in total. The molecule has 6 heteroatoms. The van der Waals surface area contributed by atoms with E-state index in [-0.39, 0.29) is 11.8 Å². The summed E-state index contributed by atoms with van der Waals surface area (Å²) in [5.41, 5.74) is 2.58. The van der Waals surface area contributed by atoms with E-state index in [1.54, 1.807) is 24.3 Å². The summed E-state index contributed by atoms with van der Waals surface area (Å²) < 4.78 is 0.952. The predicted molar refractivity (Wildman–Crippen MR) is 84.7 cm³/mol. The molecule has 106 valence electrons. The Morgan fingerprint density at radius 1 is 1.05 bits per heavy atom. The third-order valence-electron chi connectivity index (χ3n) is 3.23. The number of amides is 2. The standard InChI is InChI=1S/C15H10BrClN2O2/c16-13-4-1-9(17)5-8(13)7-18-10-2-3-11-12(6-10)15(21)19-14(11)20/h1-6,18H,7H2,(H,19,20,21). The van der Waals surface area contributed by atoms with Gasteiger partial charge in [-0.1, -0.05) is 27.5 Å². The minimum absolute atomic E-state index is 0.348. The Bertz CT molecular complexity index is 761. The van der Waals surface area contributed by atoms with Crippen molar-refractivity contribution in [1.82, 2.24) is 5.32 Å². The lowest BCUT2D eigenvalue weighted by Gasteiger charge is -2.09. The summed E-state index contributed by atoms with van der Waals surface area (Å²) in [6.45, 7) is 0.551. The lowest BCUT2D eigenvalue weighted by Crippen LogP contribution is -2.19. The summed E-state index contributed by atoms with van der Waals surface area (Å²) in [5, 5.41) is 6.14. The van der Waals surface area contributed by atoms with Gasteiger partial charge in [-0.3, -0.25) is 14.9 Å². The van der Waals surface area contributed by atoms with Crippen LogP contribution in [0.5, 0.6) is 0 Å². The molecule has 0 fully saturated rings. The van der Waals surface area contributed by atoms with Gasteiger partial charge in [0.1, 0.15) is 0 Å². The van der Waals surface area contributed by atoms with Gasteiger partial charge in [-0.15, -0.1) is 0 Å². The topological polar surface area (TPSA) is 58.2 Å². The first-order valence-corrected chi connectivity index (χ1v) is 7.39. The van der Waals surface area contributed by atoms with E-state index in [1.165, 1.54) is 0 Å². The van der Waals surface area contributed by atoms with E-state index < -0.39 is 0 Å². The number of benzene rings is 2. The van der Waals surface area contributed by atoms with Crippen molar-refractivity contribution in [3.63, 3.8) is 0 Å². The zero-order chi connectivity index (χ0) is 15.0. The molecule has 21 heavy (non-hydrogen) atoms. The van der Waals surface area contributed by atoms with E-state index in [0.29, 0.717) is 22.7 Å². The lowest BCUT2D eigenvalue weighted by atomic mass is 10.1. The minimum atomic E-state index is -0.359. The molecule has 1 aliphatic rings. The Balaban J connectivity index is 1.80. The summed E-state index contributed by atoms with van der Waals surface area (Å²) in [4.78, 5) is 23.1. The van der Waals surface area contributed by atoms with Crippen LogP contribution in [0.2, 0.25) is 5.02 Å². The van der Waals surface area contributed by atoms with E-state index in [0.717, 1.165) is 15.7 Å². The van der Waals surface area contributed by atoms with E-state index in [2.05, 4.69) is 26.6 Å². The number of hydrogen-bond donors (Lipinski definition) is 2. The quantitative estimate of drug-likeness (QED) is 0.817. The second-order valence-electron chi connectivity index (χ2n) is 4.63. The number of halogens is 2. The van der Waals surface area contributed by atoms with Crippen LogP contribution in [-0.2, 0) is 6.54 Å². The number of imide groups is 1. The molecule has 0 saturated carbocycles. The SMILES string of the molecule is O=C1NC(=O)c2cc(NCc3cc(Cl)ccc3Br)ccc21. The fraction of sp³-hybridized carbons (Fsp3) is 0.0667. The van der Waals surface area contributed by atoms with Crippen LogP contribution in [0.1, 0.15) is 26.3 Å². The molecule has 2 aromatic rings. The third-order valence-corrected chi connectivity index (χ3v) is 4.24. The second kappa shape index (κ2) is 5.50. The van der Waals surface area contributed by atoms with Crippen molar-refractivity contribution in [3.05, 3.63) is 62.6 Å². The van der Waals surface area contributed by atoms with E-state index in [1.807, 2.05) is 12.1 Å². The van der Waals surface area contributed by atoms with Gasteiger partial charge < -0.3 is 5.32 Å². The molecule has 2 N–H and O–H groups in total. The highest BCUT2D eigenvalue weighted by Gasteiger charge is 2.26. The molecular weight excluding hydrogens is 356 g/mol. The fourth-order valence-corrected chi connectivity index (χ4v) is 2.74. The van der Waals surface area contributed by atoms with Crippen LogP contribution >= 0.6 is 27.5 Å². The number of carbonyl (C=O) groups is 2. The van der Waals surface area contributed by atoms with Gasteiger partial charge in [-0.25, -0.2) is 0 Å². The lowest BCUT2D eigenvalue weighted by molar-refractivity contribution is 0.0879. The van der Waals surface area contributed by atoms with Gasteiger partial charge in [0, 0.05) is 21.7 Å². The van der Waals surface area contributed by atoms with Crippen molar-refractivity contribution < 1.29 is 9.59 Å². The van der Waals surface area contributed by atoms with Gasteiger partial charge in [0.15, 0.2) is 0 Å². The van der Waals surface area contributed by atoms with E-state index in [9.17, 15) is 9.59 Å². The first-order chi connectivity index (χ1) is 10.0. The molecule has 3 rings (SSSR count). The molecule has 0 unspecified atom stereocenters. The van der Waals surface area contributed by atoms with Gasteiger partial charge in [0.25, 0.3) is 11.8 Å². The molecule has 0 aliphatic carbocycles. The molecule has 0 saturated heterocycles. The Morgan fingerprint density at radius 3 is 2.62 bits per heavy atom. The highest BCUT2D eigenvalue weighted by molar-refractivity contribution is 9.10. The van der Waals surface area contributed by atoms with Gasteiger partial charge in [0.2, 0.25) is 0 Å². The number of carbonyl (C=O) groups excluding carboxylic acids is 2. The maximum atomic E-state index is 11.6. The largest absolute Gasteiger partial charge is 0.381 e. The van der Waals surface area contributed by atoms with Crippen LogP contribution in [0.25, 0.3) is 0 Å². The smallest absolute Gasteiger partial charge is 0.259 e. The van der Waals surface area contributed by atoms with Crippen molar-refractivity contribution in [2.24, 2.45) is 0 Å². The summed E-state index contributed by atoms with van der Waals surface area (Å²) in [6, 6.07) is 10.6. The van der Waals surface area contributed by atoms with Crippen molar-refractivity contribution in [2.75, 3.05) is 5.32 Å². The van der Waals surface area contributed by atoms with Crippen molar-refractivity contribution in [2.45, 2.75) is 6.54 Å². The fourth-order valence-electron chi connectivity index (χ4n) is 2.15.